The molecule has 0 aromatic rings. The van der Waals surface area contributed by atoms with E-state index in [0.29, 0.717) is 5.92 Å². The van der Waals surface area contributed by atoms with E-state index in [4.69, 9.17) is 0 Å². The van der Waals surface area contributed by atoms with Crippen molar-refractivity contribution in [3.63, 3.8) is 0 Å². The van der Waals surface area contributed by atoms with Crippen LogP contribution in [0.1, 0.15) is 69.2 Å². The Balaban J connectivity index is -0.000000284. The van der Waals surface area contributed by atoms with E-state index in [1.165, 1.54) is 11.1 Å². The summed E-state index contributed by atoms with van der Waals surface area (Å²) in [6.45, 7) is 21.7. The van der Waals surface area contributed by atoms with Crippen molar-refractivity contribution in [1.29, 1.82) is 0 Å². The number of hydrogen-bond donors (Lipinski definition) is 0. The fraction of sp³-hybridized carbons (Fsp3) is 0.765. The molecular formula is C17H31Cl2NTi. The second-order valence-corrected chi connectivity index (χ2v) is 8.36. The molecular weight excluding hydrogens is 337 g/mol. The van der Waals surface area contributed by atoms with Crippen molar-refractivity contribution in [2.45, 2.75) is 80.3 Å². The molecule has 0 aliphatic heterocycles. The number of rotatable bonds is 0. The van der Waals surface area contributed by atoms with Gasteiger partial charge in [0.1, 0.15) is 0 Å². The van der Waals surface area contributed by atoms with Gasteiger partial charge in [-0.05, 0) is 0 Å². The summed E-state index contributed by atoms with van der Waals surface area (Å²) in [5, 5.41) is 4.54. The zero-order valence-electron chi connectivity index (χ0n) is 15.3. The van der Waals surface area contributed by atoms with Crippen molar-refractivity contribution < 1.29 is 45.2 Å². The molecule has 0 spiro atoms. The van der Waals surface area contributed by atoms with Crippen LogP contribution < -0.4 is 24.8 Å². The van der Waals surface area contributed by atoms with Crippen molar-refractivity contribution in [1.82, 2.24) is 0 Å². The van der Waals surface area contributed by atoms with Crippen molar-refractivity contribution in [2.75, 3.05) is 0 Å². The molecule has 0 fully saturated rings. The molecule has 1 aliphatic rings. The molecule has 0 heterocycles. The Morgan fingerprint density at radius 2 is 1.14 bits per heavy atom. The molecule has 0 radical (unpaired) electrons. The molecule has 0 N–H and O–H groups in total. The summed E-state index contributed by atoms with van der Waals surface area (Å²) in [6.07, 6.45) is 0. The van der Waals surface area contributed by atoms with E-state index in [-0.39, 0.29) is 35.9 Å². The third kappa shape index (κ3) is 10.2. The monoisotopic (exact) mass is 367 g/mol. The Bertz CT molecular complexity index is 349. The average molecular weight is 368 g/mol. The van der Waals surface area contributed by atoms with Gasteiger partial charge in [-0.15, -0.1) is 11.1 Å². The molecule has 0 amide bonds. The molecule has 21 heavy (non-hydrogen) atoms. The van der Waals surface area contributed by atoms with Gasteiger partial charge < -0.3 is 30.1 Å². The average Bonchev–Trinajstić information content (AvgIpc) is 2.32. The van der Waals surface area contributed by atoms with E-state index in [2.05, 4.69) is 95.0 Å². The fourth-order valence-corrected chi connectivity index (χ4v) is 3.00. The second kappa shape index (κ2) is 9.78. The summed E-state index contributed by atoms with van der Waals surface area (Å²) in [5.41, 5.74) is 4.78. The molecule has 1 aliphatic carbocycles. The molecule has 1 nitrogen and oxygen atoms in total. The summed E-state index contributed by atoms with van der Waals surface area (Å²) < 4.78 is 1.55. The van der Waals surface area contributed by atoms with Crippen molar-refractivity contribution in [2.24, 2.45) is 5.92 Å². The molecule has 0 aromatic carbocycles. The SMILES string of the molecule is CC(C)(C)[N-]C(C)(C)C.CC1=C(C)C(C)[C]([Ti+3])=C1C.[Cl-].[Cl-]. The van der Waals surface area contributed by atoms with E-state index >= 15 is 0 Å². The van der Waals surface area contributed by atoms with E-state index in [1.54, 1.807) is 9.45 Å². The molecule has 0 aromatic heterocycles. The smallest absolute Gasteiger partial charge is 1.00 e. The normalized spacial score (nSPS) is 18.8. The van der Waals surface area contributed by atoms with Crippen LogP contribution in [0.15, 0.2) is 20.6 Å². The first-order chi connectivity index (χ1) is 8.26. The quantitative estimate of drug-likeness (QED) is 0.524. The van der Waals surface area contributed by atoms with Gasteiger partial charge in [0.05, 0.1) is 0 Å². The maximum Gasteiger partial charge on any atom is -1.00 e. The predicted octanol–water partition coefficient (Wildman–Crippen LogP) is -0.242. The molecule has 4 heteroatoms. The van der Waals surface area contributed by atoms with Gasteiger partial charge in [-0.1, -0.05) is 41.5 Å². The first kappa shape index (κ1) is 26.6. The summed E-state index contributed by atoms with van der Waals surface area (Å²) in [7, 11) is 0. The van der Waals surface area contributed by atoms with Crippen molar-refractivity contribution >= 4 is 0 Å². The molecule has 0 saturated heterocycles. The van der Waals surface area contributed by atoms with Gasteiger partial charge >= 0.3 is 74.6 Å². The molecule has 0 saturated carbocycles. The van der Waals surface area contributed by atoms with E-state index < -0.39 is 0 Å². The largest absolute Gasteiger partial charge is 1.00 e. The first-order valence-electron chi connectivity index (χ1n) is 7.10. The Morgan fingerprint density at radius 3 is 1.19 bits per heavy atom. The predicted molar refractivity (Wildman–Crippen MR) is 83.1 cm³/mol. The van der Waals surface area contributed by atoms with Crippen LogP contribution in [0.25, 0.3) is 5.32 Å². The van der Waals surface area contributed by atoms with Gasteiger partial charge in [0.15, 0.2) is 0 Å². The number of halogens is 2. The minimum atomic E-state index is 0. The van der Waals surface area contributed by atoms with Crippen LogP contribution >= 0.6 is 0 Å². The number of hydrogen-bond acceptors (Lipinski definition) is 0. The summed E-state index contributed by atoms with van der Waals surface area (Å²) >= 11 is 2.24. The maximum atomic E-state index is 4.54. The topological polar surface area (TPSA) is 14.1 Å². The first-order valence-corrected chi connectivity index (χ1v) is 7.88. The second-order valence-electron chi connectivity index (χ2n) is 7.52. The standard InChI is InChI=1S/C9H13.C8H18N.2ClH.Ti/c1-6-5-7(2)9(4)8(6)3;1-7(2,3)9-8(4,5)6;;;/h6H,1-4H3;1-6H3;2*1H;/q;-1;;;+3/p-2. The molecule has 1 unspecified atom stereocenters. The number of allylic oxidation sites excluding steroid dienone is 4. The zero-order valence-corrected chi connectivity index (χ0v) is 18.4. The summed E-state index contributed by atoms with van der Waals surface area (Å²) in [4.78, 5) is 0. The molecule has 122 valence electrons. The third-order valence-electron chi connectivity index (χ3n) is 3.31. The minimum absolute atomic E-state index is 0. The van der Waals surface area contributed by atoms with Crippen molar-refractivity contribution in [3.05, 3.63) is 25.9 Å². The molecule has 1 atom stereocenters. The van der Waals surface area contributed by atoms with Gasteiger partial charge in [-0.25, -0.2) is 0 Å². The van der Waals surface area contributed by atoms with Crippen LogP contribution in [-0.4, -0.2) is 11.1 Å². The van der Waals surface area contributed by atoms with Gasteiger partial charge in [0.25, 0.3) is 0 Å². The Morgan fingerprint density at radius 1 is 0.810 bits per heavy atom. The summed E-state index contributed by atoms with van der Waals surface area (Å²) in [5.74, 6) is 0.694. The van der Waals surface area contributed by atoms with Crippen LogP contribution in [0.3, 0.4) is 0 Å². The van der Waals surface area contributed by atoms with Crippen LogP contribution in [-0.2, 0) is 20.4 Å². The number of nitrogens with zero attached hydrogens (tertiary/aromatic N) is 1. The van der Waals surface area contributed by atoms with Crippen LogP contribution in [0.2, 0.25) is 0 Å². The summed E-state index contributed by atoms with van der Waals surface area (Å²) in [6, 6.07) is 0. The van der Waals surface area contributed by atoms with Crippen molar-refractivity contribution in [3.8, 4) is 0 Å². The zero-order chi connectivity index (χ0) is 15.6. The van der Waals surface area contributed by atoms with E-state index in [9.17, 15) is 0 Å². The van der Waals surface area contributed by atoms with Gasteiger partial charge in [-0.3, -0.25) is 0 Å². The van der Waals surface area contributed by atoms with E-state index in [1.807, 2.05) is 0 Å². The third-order valence-corrected chi connectivity index (χ3v) is 4.57. The molecule has 1 rings (SSSR count). The Kier molecular flexibility index (Phi) is 12.4. The Labute approximate surface area is 157 Å². The van der Waals surface area contributed by atoms with E-state index in [0.717, 1.165) is 0 Å². The molecule has 0 bridgehead atoms. The van der Waals surface area contributed by atoms with Gasteiger partial charge in [0.2, 0.25) is 0 Å². The maximum absolute atomic E-state index is 4.54. The van der Waals surface area contributed by atoms with Crippen LogP contribution in [0.5, 0.6) is 0 Å². The van der Waals surface area contributed by atoms with Gasteiger partial charge in [-0.2, -0.15) is 0 Å². The van der Waals surface area contributed by atoms with Crippen LogP contribution in [0, 0.1) is 5.92 Å². The minimum Gasteiger partial charge on any atom is -1.00 e. The van der Waals surface area contributed by atoms with Gasteiger partial charge in [0, 0.05) is 0 Å². The van der Waals surface area contributed by atoms with Crippen LogP contribution in [0.4, 0.5) is 0 Å². The fourth-order valence-electron chi connectivity index (χ4n) is 2.37. The Hall–Kier alpha value is 0.734.